The Bertz CT molecular complexity index is 702. The molecule has 0 amide bonds. The maximum atomic E-state index is 11.0. The smallest absolute Gasteiger partial charge is 0.308 e. The van der Waals surface area contributed by atoms with E-state index >= 15 is 0 Å². The molecule has 0 aliphatic rings. The van der Waals surface area contributed by atoms with Crippen molar-refractivity contribution in [2.75, 3.05) is 12.5 Å². The number of hydrazone groups is 1. The van der Waals surface area contributed by atoms with E-state index in [0.29, 0.717) is 22.2 Å². The van der Waals surface area contributed by atoms with E-state index in [-0.39, 0.29) is 0 Å². The van der Waals surface area contributed by atoms with Gasteiger partial charge in [0.2, 0.25) is 0 Å². The molecule has 2 rings (SSSR count). The van der Waals surface area contributed by atoms with E-state index in [1.807, 2.05) is 18.2 Å². The zero-order valence-corrected chi connectivity index (χ0v) is 12.9. The number of carbonyl (C=O) groups is 1. The van der Waals surface area contributed by atoms with Gasteiger partial charge in [-0.05, 0) is 35.9 Å². The van der Waals surface area contributed by atoms with Crippen LogP contribution >= 0.6 is 11.6 Å². The number of hydrogen-bond donors (Lipinski definition) is 1. The number of benzene rings is 2. The van der Waals surface area contributed by atoms with Crippen LogP contribution in [0.5, 0.6) is 11.5 Å². The first-order chi connectivity index (χ1) is 10.6. The molecule has 0 fully saturated rings. The Hall–Kier alpha value is -2.53. The average Bonchev–Trinajstić information content (AvgIpc) is 2.50. The lowest BCUT2D eigenvalue weighted by atomic mass is 10.2. The summed E-state index contributed by atoms with van der Waals surface area (Å²) in [4.78, 5) is 11.0. The highest BCUT2D eigenvalue weighted by Crippen LogP contribution is 2.27. The highest BCUT2D eigenvalue weighted by atomic mass is 35.5. The fraction of sp³-hybridized carbons (Fsp3) is 0.125. The van der Waals surface area contributed by atoms with Gasteiger partial charge >= 0.3 is 5.97 Å². The fourth-order valence-electron chi connectivity index (χ4n) is 1.73. The maximum Gasteiger partial charge on any atom is 0.308 e. The van der Waals surface area contributed by atoms with Crippen molar-refractivity contribution in [2.45, 2.75) is 6.92 Å². The van der Waals surface area contributed by atoms with Crippen molar-refractivity contribution in [3.05, 3.63) is 53.1 Å². The van der Waals surface area contributed by atoms with Gasteiger partial charge in [-0.25, -0.2) is 0 Å². The Morgan fingerprint density at radius 2 is 2.00 bits per heavy atom. The summed E-state index contributed by atoms with van der Waals surface area (Å²) in [6.07, 6.45) is 1.61. The molecule has 0 unspecified atom stereocenters. The van der Waals surface area contributed by atoms with Crippen LogP contribution in [0.2, 0.25) is 5.02 Å². The van der Waals surface area contributed by atoms with E-state index in [4.69, 9.17) is 21.1 Å². The van der Waals surface area contributed by atoms with E-state index in [0.717, 1.165) is 5.56 Å². The minimum Gasteiger partial charge on any atom is -0.493 e. The third-order valence-corrected chi connectivity index (χ3v) is 3.04. The van der Waals surface area contributed by atoms with E-state index in [1.165, 1.54) is 14.0 Å². The molecule has 1 N–H and O–H groups in total. The third kappa shape index (κ3) is 4.23. The van der Waals surface area contributed by atoms with Gasteiger partial charge in [0.1, 0.15) is 0 Å². The molecule has 0 saturated heterocycles. The largest absolute Gasteiger partial charge is 0.493 e. The molecular weight excluding hydrogens is 304 g/mol. The van der Waals surface area contributed by atoms with Gasteiger partial charge in [0.05, 0.1) is 24.0 Å². The Morgan fingerprint density at radius 3 is 2.68 bits per heavy atom. The first-order valence-electron chi connectivity index (χ1n) is 6.50. The summed E-state index contributed by atoms with van der Waals surface area (Å²) in [7, 11) is 1.51. The molecular formula is C16H15ClN2O3. The number of hydrogen-bond acceptors (Lipinski definition) is 5. The van der Waals surface area contributed by atoms with Gasteiger partial charge in [-0.3, -0.25) is 10.2 Å². The van der Waals surface area contributed by atoms with E-state index in [1.54, 1.807) is 30.5 Å². The van der Waals surface area contributed by atoms with Gasteiger partial charge in [-0.1, -0.05) is 23.7 Å². The third-order valence-electron chi connectivity index (χ3n) is 2.71. The van der Waals surface area contributed by atoms with Crippen LogP contribution in [0.1, 0.15) is 12.5 Å². The van der Waals surface area contributed by atoms with Crippen molar-refractivity contribution >= 4 is 29.5 Å². The van der Waals surface area contributed by atoms with Crippen LogP contribution in [-0.2, 0) is 4.79 Å². The molecule has 0 spiro atoms. The Morgan fingerprint density at radius 1 is 1.23 bits per heavy atom. The molecule has 2 aromatic rings. The van der Waals surface area contributed by atoms with Gasteiger partial charge in [-0.2, -0.15) is 5.10 Å². The number of carbonyl (C=O) groups excluding carboxylic acids is 1. The zero-order valence-electron chi connectivity index (χ0n) is 12.2. The molecule has 0 saturated carbocycles. The predicted molar refractivity (Wildman–Crippen MR) is 87.0 cm³/mol. The van der Waals surface area contributed by atoms with Crippen molar-refractivity contribution in [3.63, 3.8) is 0 Å². The molecule has 0 aliphatic carbocycles. The van der Waals surface area contributed by atoms with E-state index < -0.39 is 5.97 Å². The minimum absolute atomic E-state index is 0.367. The number of nitrogens with one attached hydrogen (secondary N) is 1. The number of methoxy groups -OCH3 is 1. The van der Waals surface area contributed by atoms with Crippen molar-refractivity contribution in [1.29, 1.82) is 0 Å². The lowest BCUT2D eigenvalue weighted by Gasteiger charge is -2.08. The predicted octanol–water partition coefficient (Wildman–Crippen LogP) is 3.72. The van der Waals surface area contributed by atoms with Gasteiger partial charge in [-0.15, -0.1) is 0 Å². The van der Waals surface area contributed by atoms with Crippen LogP contribution in [0.15, 0.2) is 47.6 Å². The number of para-hydroxylation sites is 1. The fourth-order valence-corrected chi connectivity index (χ4v) is 1.91. The van der Waals surface area contributed by atoms with Crippen molar-refractivity contribution in [2.24, 2.45) is 5.10 Å². The molecule has 2 aromatic carbocycles. The second kappa shape index (κ2) is 7.47. The van der Waals surface area contributed by atoms with Crippen LogP contribution in [0, 0.1) is 0 Å². The number of halogens is 1. The van der Waals surface area contributed by atoms with Crippen LogP contribution in [-0.4, -0.2) is 19.3 Å². The molecule has 5 nitrogen and oxygen atoms in total. The number of ether oxygens (including phenoxy) is 2. The van der Waals surface area contributed by atoms with Crippen LogP contribution < -0.4 is 14.9 Å². The Kier molecular flexibility index (Phi) is 5.38. The number of nitrogens with zero attached hydrogens (tertiary/aromatic N) is 1. The monoisotopic (exact) mass is 318 g/mol. The number of esters is 1. The molecule has 0 heterocycles. The van der Waals surface area contributed by atoms with E-state index in [9.17, 15) is 4.79 Å². The molecule has 22 heavy (non-hydrogen) atoms. The first kappa shape index (κ1) is 15.9. The first-order valence-corrected chi connectivity index (χ1v) is 6.88. The molecule has 0 atom stereocenters. The second-order valence-electron chi connectivity index (χ2n) is 4.35. The lowest BCUT2D eigenvalue weighted by Crippen LogP contribution is -2.03. The molecule has 0 radical (unpaired) electrons. The van der Waals surface area contributed by atoms with Crippen molar-refractivity contribution in [3.8, 4) is 11.5 Å². The van der Waals surface area contributed by atoms with Gasteiger partial charge < -0.3 is 9.47 Å². The van der Waals surface area contributed by atoms with Crippen LogP contribution in [0.4, 0.5) is 5.69 Å². The lowest BCUT2D eigenvalue weighted by molar-refractivity contribution is -0.132. The van der Waals surface area contributed by atoms with Crippen molar-refractivity contribution < 1.29 is 14.3 Å². The highest BCUT2D eigenvalue weighted by Gasteiger charge is 2.07. The Labute approximate surface area is 133 Å². The van der Waals surface area contributed by atoms with E-state index in [2.05, 4.69) is 10.5 Å². The van der Waals surface area contributed by atoms with Crippen LogP contribution in [0.3, 0.4) is 0 Å². The summed E-state index contributed by atoms with van der Waals surface area (Å²) in [5, 5.41) is 4.70. The average molecular weight is 319 g/mol. The molecule has 0 aliphatic heterocycles. The van der Waals surface area contributed by atoms with Gasteiger partial charge in [0.25, 0.3) is 0 Å². The van der Waals surface area contributed by atoms with Crippen LogP contribution in [0.25, 0.3) is 0 Å². The van der Waals surface area contributed by atoms with Gasteiger partial charge in [0, 0.05) is 6.92 Å². The highest BCUT2D eigenvalue weighted by molar-refractivity contribution is 6.33. The maximum absolute atomic E-state index is 11.0. The summed E-state index contributed by atoms with van der Waals surface area (Å²) in [5.41, 5.74) is 4.35. The SMILES string of the molecule is COc1cc(/C=N/Nc2ccccc2Cl)ccc1OC(C)=O. The molecule has 114 valence electrons. The standard InChI is InChI=1S/C16H15ClN2O3/c1-11(20)22-15-8-7-12(9-16(15)21-2)10-18-19-14-6-4-3-5-13(14)17/h3-10,19H,1-2H3/b18-10+. The molecule has 0 aromatic heterocycles. The summed E-state index contributed by atoms with van der Waals surface area (Å²) < 4.78 is 10.2. The molecule has 6 heteroatoms. The van der Waals surface area contributed by atoms with Crippen molar-refractivity contribution in [1.82, 2.24) is 0 Å². The normalized spacial score (nSPS) is 10.5. The topological polar surface area (TPSA) is 59.9 Å². The summed E-state index contributed by atoms with van der Waals surface area (Å²) in [6, 6.07) is 12.4. The number of anilines is 1. The minimum atomic E-state index is -0.403. The number of rotatable bonds is 5. The molecule has 0 bridgehead atoms. The zero-order chi connectivity index (χ0) is 15.9. The summed E-state index contributed by atoms with van der Waals surface area (Å²) >= 11 is 6.02. The quantitative estimate of drug-likeness (QED) is 0.395. The Balaban J connectivity index is 2.11. The summed E-state index contributed by atoms with van der Waals surface area (Å²) in [6.45, 7) is 1.34. The van der Waals surface area contributed by atoms with Gasteiger partial charge in [0.15, 0.2) is 11.5 Å². The second-order valence-corrected chi connectivity index (χ2v) is 4.76. The summed E-state index contributed by atoms with van der Waals surface area (Å²) in [5.74, 6) is 0.420.